The second kappa shape index (κ2) is 6.66. The Hall–Kier alpha value is -3.17. The van der Waals surface area contributed by atoms with Crippen LogP contribution in [0.25, 0.3) is 0 Å². The number of carbonyl (C=O) groups is 2. The summed E-state index contributed by atoms with van der Waals surface area (Å²) in [5.41, 5.74) is 2.71. The molecule has 6 rings (SSSR count). The van der Waals surface area contributed by atoms with E-state index in [1.165, 1.54) is 0 Å². The second-order valence-corrected chi connectivity index (χ2v) is 8.45. The van der Waals surface area contributed by atoms with Crippen molar-refractivity contribution in [1.29, 1.82) is 0 Å². The third-order valence-electron chi connectivity index (χ3n) is 5.82. The van der Waals surface area contributed by atoms with Crippen molar-refractivity contribution in [1.82, 2.24) is 5.06 Å². The molecule has 9 heteroatoms. The Labute approximate surface area is 183 Å². The summed E-state index contributed by atoms with van der Waals surface area (Å²) in [5, 5.41) is 0.179. The van der Waals surface area contributed by atoms with Gasteiger partial charge in [-0.25, -0.2) is 0 Å². The zero-order chi connectivity index (χ0) is 21.2. The summed E-state index contributed by atoms with van der Waals surface area (Å²) in [6.45, 7) is 1.59. The molecule has 2 aromatic carbocycles. The minimum absolute atomic E-state index is 0.0570. The minimum Gasteiger partial charge on any atom is -0.341 e. The topological polar surface area (TPSA) is 71.1 Å². The maximum atomic E-state index is 12.0. The Balaban J connectivity index is 1.27. The van der Waals surface area contributed by atoms with Crippen LogP contribution in [0, 0.1) is 0 Å². The van der Waals surface area contributed by atoms with Gasteiger partial charge in [-0.2, -0.15) is 17.7 Å². The summed E-state index contributed by atoms with van der Waals surface area (Å²) in [4.78, 5) is 29.3. The normalized spacial score (nSPS) is 25.6. The van der Waals surface area contributed by atoms with E-state index in [0.717, 1.165) is 40.6 Å². The highest BCUT2D eigenvalue weighted by atomic mass is 32.1. The molecule has 0 radical (unpaired) electrons. The summed E-state index contributed by atoms with van der Waals surface area (Å²) >= 11 is 4.10. The van der Waals surface area contributed by atoms with Gasteiger partial charge in [-0.1, -0.05) is 27.4 Å². The average Bonchev–Trinajstić information content (AvgIpc) is 3.24. The number of amides is 2. The van der Waals surface area contributed by atoms with Crippen LogP contribution in [0.5, 0.6) is 11.5 Å². The highest BCUT2D eigenvalue weighted by Crippen LogP contribution is 2.36. The molecule has 4 aliphatic heterocycles. The average molecular weight is 437 g/mol. The molecule has 0 aliphatic carbocycles. The van der Waals surface area contributed by atoms with E-state index in [1.54, 1.807) is 0 Å². The number of hydroxylamine groups is 2. The Morgan fingerprint density at radius 3 is 2.48 bits per heavy atom. The first-order valence-corrected chi connectivity index (χ1v) is 10.6. The smallest absolute Gasteiger partial charge is 0.341 e. The molecule has 2 atom stereocenters. The molecule has 31 heavy (non-hydrogen) atoms. The lowest BCUT2D eigenvalue weighted by molar-refractivity contribution is -0.855. The Morgan fingerprint density at radius 2 is 1.74 bits per heavy atom. The van der Waals surface area contributed by atoms with Crippen molar-refractivity contribution in [3.63, 3.8) is 0 Å². The Kier molecular flexibility index (Phi) is 4.00. The summed E-state index contributed by atoms with van der Waals surface area (Å²) in [6.07, 6.45) is 4.14. The van der Waals surface area contributed by atoms with Gasteiger partial charge in [0.05, 0.1) is 22.8 Å². The maximum Gasteiger partial charge on any atom is 0.704 e. The molecule has 2 fully saturated rings. The van der Waals surface area contributed by atoms with Gasteiger partial charge in [0.25, 0.3) is 11.8 Å². The van der Waals surface area contributed by atoms with Crippen LogP contribution in [0.15, 0.2) is 42.5 Å². The standard InChI is InChI=1S/C22H18N3O5S/c26-20-10-19(31)21(27)25(20)28-13-14-5-6-18-16(9-14)12-24-8-7-23-11-15-3-1-2-4-17(15)29-22(23,24)30-18/h1-6,9,11-12,19H,7-8,10,13H2/q+1/p+1. The molecule has 8 nitrogen and oxygen atoms in total. The number of hydrogen-bond donors (Lipinski definition) is 1. The molecule has 4 aliphatic rings. The molecule has 0 saturated carbocycles. The van der Waals surface area contributed by atoms with Crippen LogP contribution in [0.3, 0.4) is 0 Å². The van der Waals surface area contributed by atoms with E-state index in [1.807, 2.05) is 53.3 Å². The molecular weight excluding hydrogens is 418 g/mol. The molecule has 0 bridgehead atoms. The van der Waals surface area contributed by atoms with Gasteiger partial charge in [0.15, 0.2) is 23.9 Å². The molecule has 2 aromatic rings. The van der Waals surface area contributed by atoms with Crippen LogP contribution in [0.2, 0.25) is 0 Å². The van der Waals surface area contributed by atoms with Gasteiger partial charge in [0, 0.05) is 0 Å². The maximum absolute atomic E-state index is 12.0. The Morgan fingerprint density at radius 1 is 1.03 bits per heavy atom. The Bertz CT molecular complexity index is 1210. The van der Waals surface area contributed by atoms with Crippen LogP contribution in [0.1, 0.15) is 23.1 Å². The van der Waals surface area contributed by atoms with Crippen molar-refractivity contribution >= 4 is 36.9 Å². The van der Waals surface area contributed by atoms with Gasteiger partial charge in [-0.05, 0) is 29.8 Å². The zero-order valence-corrected chi connectivity index (χ0v) is 17.3. The summed E-state index contributed by atoms with van der Waals surface area (Å²) in [7, 11) is 0. The van der Waals surface area contributed by atoms with Crippen molar-refractivity contribution in [2.75, 3.05) is 13.1 Å². The third kappa shape index (κ3) is 2.80. The summed E-state index contributed by atoms with van der Waals surface area (Å²) in [6, 6.07) is 12.5. The lowest BCUT2D eigenvalue weighted by atomic mass is 10.1. The number of fused-ring (bicyclic) bond motifs is 2. The predicted molar refractivity (Wildman–Crippen MR) is 111 cm³/mol. The molecular formula is C22H19N3O5S+2. The van der Waals surface area contributed by atoms with Crippen molar-refractivity contribution in [3.8, 4) is 11.5 Å². The van der Waals surface area contributed by atoms with E-state index in [9.17, 15) is 9.59 Å². The molecule has 2 saturated heterocycles. The fourth-order valence-corrected chi connectivity index (χ4v) is 4.52. The summed E-state index contributed by atoms with van der Waals surface area (Å²) in [5.74, 6) is 0.660. The van der Waals surface area contributed by atoms with E-state index in [-0.39, 0.29) is 18.9 Å². The van der Waals surface area contributed by atoms with Crippen molar-refractivity contribution in [3.05, 3.63) is 59.2 Å². The quantitative estimate of drug-likeness (QED) is 0.443. The predicted octanol–water partition coefficient (Wildman–Crippen LogP) is 1.15. The fraction of sp³-hybridized carbons (Fsp3) is 0.273. The number of thiol groups is 1. The highest BCUT2D eigenvalue weighted by molar-refractivity contribution is 7.81. The number of para-hydroxylation sites is 1. The van der Waals surface area contributed by atoms with Crippen molar-refractivity contribution in [2.45, 2.75) is 24.3 Å². The molecule has 2 amide bonds. The van der Waals surface area contributed by atoms with Gasteiger partial charge in [-0.15, -0.1) is 0 Å². The van der Waals surface area contributed by atoms with Gasteiger partial charge in [-0.3, -0.25) is 14.4 Å². The monoisotopic (exact) mass is 437 g/mol. The van der Waals surface area contributed by atoms with Gasteiger partial charge >= 0.3 is 6.03 Å². The van der Waals surface area contributed by atoms with Gasteiger partial charge < -0.3 is 9.47 Å². The number of nitrogens with zero attached hydrogens (tertiary/aromatic N) is 3. The van der Waals surface area contributed by atoms with E-state index in [4.69, 9.17) is 14.3 Å². The number of carbonyl (C=O) groups excluding carboxylic acids is 2. The lowest BCUT2D eigenvalue weighted by Gasteiger charge is -2.26. The molecule has 0 N–H and O–H groups in total. The zero-order valence-electron chi connectivity index (χ0n) is 16.4. The molecule has 1 spiro atoms. The molecule has 0 aromatic heterocycles. The van der Waals surface area contributed by atoms with E-state index >= 15 is 0 Å². The summed E-state index contributed by atoms with van der Waals surface area (Å²) < 4.78 is 16.8. The fourth-order valence-electron chi connectivity index (χ4n) is 4.26. The van der Waals surface area contributed by atoms with Crippen molar-refractivity contribution in [2.24, 2.45) is 0 Å². The van der Waals surface area contributed by atoms with Crippen LogP contribution in [-0.2, 0) is 21.0 Å². The number of ether oxygens (including phenoxy) is 2. The largest absolute Gasteiger partial charge is 0.704 e. The SMILES string of the molecule is O=C1CC(S)C(=O)N1OCc1ccc2c(c1)C=[N+]1CC[N+]3=Cc4ccccc4OC31O2. The number of rotatable bonds is 3. The van der Waals surface area contributed by atoms with Crippen molar-refractivity contribution < 1.29 is 33.1 Å². The van der Waals surface area contributed by atoms with Crippen LogP contribution >= 0.6 is 12.6 Å². The molecule has 4 heterocycles. The van der Waals surface area contributed by atoms with Gasteiger partial charge in [0.1, 0.15) is 6.61 Å². The lowest BCUT2D eigenvalue weighted by Crippen LogP contribution is -2.59. The number of imide groups is 1. The van der Waals surface area contributed by atoms with Gasteiger partial charge in [0.2, 0.25) is 13.1 Å². The highest BCUT2D eigenvalue weighted by Gasteiger charge is 2.68. The first kappa shape index (κ1) is 18.6. The van der Waals surface area contributed by atoms with E-state index < -0.39 is 17.2 Å². The van der Waals surface area contributed by atoms with E-state index in [0.29, 0.717) is 5.75 Å². The second-order valence-electron chi connectivity index (χ2n) is 7.83. The first-order chi connectivity index (χ1) is 15.0. The van der Waals surface area contributed by atoms with Crippen LogP contribution in [0.4, 0.5) is 0 Å². The number of hydrogen-bond acceptors (Lipinski definition) is 6. The van der Waals surface area contributed by atoms with E-state index in [2.05, 4.69) is 23.4 Å². The number of benzene rings is 2. The molecule has 156 valence electrons. The third-order valence-corrected chi connectivity index (χ3v) is 6.22. The minimum atomic E-state index is -1.03. The first-order valence-electron chi connectivity index (χ1n) is 10.0. The van der Waals surface area contributed by atoms with Crippen LogP contribution in [-0.4, -0.2) is 62.8 Å². The molecule has 2 unspecified atom stereocenters. The van der Waals surface area contributed by atoms with Crippen LogP contribution < -0.4 is 9.47 Å².